The zero-order chi connectivity index (χ0) is 27.3. The lowest BCUT2D eigenvalue weighted by Crippen LogP contribution is -2.60. The molecule has 0 heterocycles. The van der Waals surface area contributed by atoms with E-state index in [-0.39, 0.29) is 17.7 Å². The molecule has 1 rings (SSSR count). The summed E-state index contributed by atoms with van der Waals surface area (Å²) in [5.74, 6) is -1.12. The van der Waals surface area contributed by atoms with Crippen molar-refractivity contribution in [1.29, 1.82) is 0 Å². The fourth-order valence-corrected chi connectivity index (χ4v) is 3.78. The lowest BCUT2D eigenvalue weighted by molar-refractivity contribution is -0.149. The second-order valence-corrected chi connectivity index (χ2v) is 11.5. The highest BCUT2D eigenvalue weighted by Gasteiger charge is 2.44. The van der Waals surface area contributed by atoms with Crippen molar-refractivity contribution in [2.45, 2.75) is 112 Å². The van der Waals surface area contributed by atoms with Crippen molar-refractivity contribution in [2.24, 2.45) is 5.92 Å². The normalized spacial score (nSPS) is 14.6. The Morgan fingerprint density at radius 2 is 1.60 bits per heavy atom. The van der Waals surface area contributed by atoms with Crippen LogP contribution in [0.4, 0.5) is 4.79 Å². The predicted octanol–water partition coefficient (Wildman–Crippen LogP) is 4.83. The van der Waals surface area contributed by atoms with E-state index in [2.05, 4.69) is 10.6 Å². The number of nitrogens with zero attached hydrogens (tertiary/aromatic N) is 1. The molecule has 3 N–H and O–H groups in total. The molecule has 3 amide bonds. The smallest absolute Gasteiger partial charge is 0.408 e. The molecule has 3 atom stereocenters. The summed E-state index contributed by atoms with van der Waals surface area (Å²) >= 11 is 0. The topological polar surface area (TPSA) is 108 Å². The van der Waals surface area contributed by atoms with E-state index in [1.54, 1.807) is 45.9 Å². The van der Waals surface area contributed by atoms with Crippen LogP contribution in [0.1, 0.15) is 92.8 Å². The van der Waals surface area contributed by atoms with Crippen LogP contribution in [0.5, 0.6) is 5.75 Å². The van der Waals surface area contributed by atoms with Gasteiger partial charge in [-0.15, -0.1) is 0 Å². The fourth-order valence-electron chi connectivity index (χ4n) is 3.78. The number of para-hydroxylation sites is 1. The quantitative estimate of drug-likeness (QED) is 0.483. The van der Waals surface area contributed by atoms with Gasteiger partial charge in [0.15, 0.2) is 0 Å². The minimum Gasteiger partial charge on any atom is -0.507 e. The van der Waals surface area contributed by atoms with Crippen molar-refractivity contribution in [3.63, 3.8) is 0 Å². The van der Waals surface area contributed by atoms with Gasteiger partial charge in [-0.25, -0.2) is 4.79 Å². The summed E-state index contributed by atoms with van der Waals surface area (Å²) in [5.41, 5.74) is -0.639. The number of phenolic OH excluding ortho intramolecular Hbond substituents is 1. The maximum Gasteiger partial charge on any atom is 0.408 e. The number of aromatic hydroxyl groups is 1. The van der Waals surface area contributed by atoms with Crippen LogP contribution in [-0.2, 0) is 14.3 Å². The first kappa shape index (κ1) is 30.3. The summed E-state index contributed by atoms with van der Waals surface area (Å²) in [6.07, 6.45) is -0.0884. The summed E-state index contributed by atoms with van der Waals surface area (Å²) in [4.78, 5) is 41.9. The average Bonchev–Trinajstić information content (AvgIpc) is 2.68. The molecule has 8 nitrogen and oxygen atoms in total. The number of aryl methyl sites for hydroxylation is 1. The molecule has 8 heteroatoms. The van der Waals surface area contributed by atoms with Crippen molar-refractivity contribution in [3.05, 3.63) is 29.3 Å². The minimum absolute atomic E-state index is 0.0429. The zero-order valence-electron chi connectivity index (χ0n) is 23.3. The van der Waals surface area contributed by atoms with Gasteiger partial charge in [-0.2, -0.15) is 0 Å². The first-order valence-electron chi connectivity index (χ1n) is 12.3. The molecule has 0 aliphatic carbocycles. The molecule has 0 aliphatic rings. The van der Waals surface area contributed by atoms with Crippen LogP contribution in [0.25, 0.3) is 0 Å². The molecule has 0 saturated heterocycles. The van der Waals surface area contributed by atoms with Crippen molar-refractivity contribution < 1.29 is 24.2 Å². The van der Waals surface area contributed by atoms with E-state index in [9.17, 15) is 19.5 Å². The molecule has 0 aliphatic heterocycles. The number of benzene rings is 1. The predicted molar refractivity (Wildman–Crippen MR) is 138 cm³/mol. The summed E-state index contributed by atoms with van der Waals surface area (Å²) < 4.78 is 5.42. The Morgan fingerprint density at radius 3 is 2.06 bits per heavy atom. The van der Waals surface area contributed by atoms with Gasteiger partial charge in [0, 0.05) is 17.1 Å². The van der Waals surface area contributed by atoms with Crippen LogP contribution in [0.2, 0.25) is 0 Å². The molecular formula is C27H45N3O5. The monoisotopic (exact) mass is 491 g/mol. The number of nitrogens with one attached hydrogen (secondary N) is 2. The summed E-state index contributed by atoms with van der Waals surface area (Å²) in [6.45, 7) is 19.9. The largest absolute Gasteiger partial charge is 0.507 e. The van der Waals surface area contributed by atoms with Crippen LogP contribution in [0.15, 0.2) is 18.2 Å². The van der Waals surface area contributed by atoms with E-state index in [0.717, 1.165) is 0 Å². The Kier molecular flexibility index (Phi) is 10.2. The van der Waals surface area contributed by atoms with E-state index in [1.165, 1.54) is 4.90 Å². The van der Waals surface area contributed by atoms with Gasteiger partial charge in [0.1, 0.15) is 23.4 Å². The molecule has 0 bridgehead atoms. The first-order chi connectivity index (χ1) is 15.9. The van der Waals surface area contributed by atoms with Crippen molar-refractivity contribution >= 4 is 17.9 Å². The van der Waals surface area contributed by atoms with E-state index in [1.807, 2.05) is 48.5 Å². The molecule has 1 aromatic rings. The van der Waals surface area contributed by atoms with Crippen LogP contribution < -0.4 is 10.6 Å². The van der Waals surface area contributed by atoms with Gasteiger partial charge < -0.3 is 25.4 Å². The summed E-state index contributed by atoms with van der Waals surface area (Å²) in [6, 6.07) is 2.91. The number of phenols is 1. The first-order valence-corrected chi connectivity index (χ1v) is 12.3. The molecule has 0 saturated carbocycles. The molecule has 1 aromatic carbocycles. The summed E-state index contributed by atoms with van der Waals surface area (Å²) in [5, 5.41) is 16.5. The fraction of sp³-hybridized carbons (Fsp3) is 0.667. The van der Waals surface area contributed by atoms with Crippen LogP contribution >= 0.6 is 0 Å². The number of carbonyl (C=O) groups excluding carboxylic acids is 3. The summed E-state index contributed by atoms with van der Waals surface area (Å²) in [7, 11) is 0. The van der Waals surface area contributed by atoms with Crippen molar-refractivity contribution in [2.75, 3.05) is 0 Å². The number of rotatable bonds is 8. The number of hydrogen-bond donors (Lipinski definition) is 3. The zero-order valence-corrected chi connectivity index (χ0v) is 23.3. The van der Waals surface area contributed by atoms with Gasteiger partial charge in [0.05, 0.1) is 0 Å². The number of carbonyl (C=O) groups is 3. The molecule has 0 aromatic heterocycles. The third kappa shape index (κ3) is 8.44. The molecule has 0 fully saturated rings. The number of ether oxygens (including phenoxy) is 1. The molecule has 3 unspecified atom stereocenters. The van der Waals surface area contributed by atoms with Gasteiger partial charge in [-0.05, 0) is 73.8 Å². The van der Waals surface area contributed by atoms with Crippen LogP contribution in [0.3, 0.4) is 0 Å². The van der Waals surface area contributed by atoms with Crippen molar-refractivity contribution in [1.82, 2.24) is 15.5 Å². The molecular weight excluding hydrogens is 446 g/mol. The van der Waals surface area contributed by atoms with E-state index in [0.29, 0.717) is 17.5 Å². The Bertz CT molecular complexity index is 899. The lowest BCUT2D eigenvalue weighted by Gasteiger charge is -2.44. The highest BCUT2D eigenvalue weighted by molar-refractivity contribution is 5.93. The van der Waals surface area contributed by atoms with Gasteiger partial charge in [-0.1, -0.05) is 38.5 Å². The number of hydrogen-bond acceptors (Lipinski definition) is 5. The average molecular weight is 492 g/mol. The van der Waals surface area contributed by atoms with E-state index < -0.39 is 41.1 Å². The molecule has 0 spiro atoms. The van der Waals surface area contributed by atoms with Gasteiger partial charge in [0.2, 0.25) is 11.8 Å². The van der Waals surface area contributed by atoms with E-state index in [4.69, 9.17) is 4.74 Å². The van der Waals surface area contributed by atoms with Gasteiger partial charge in [-0.3, -0.25) is 9.59 Å². The Hall–Kier alpha value is -2.77. The highest BCUT2D eigenvalue weighted by Crippen LogP contribution is 2.36. The highest BCUT2D eigenvalue weighted by atomic mass is 16.6. The SMILES string of the molecule is CCC(C)C(NC(=O)OC(C)(C)C)C(=O)N(C(C(=O)NC(C)C)c1cccc(C)c1O)C(C)(C)C. The number of alkyl carbamates (subject to hydrolysis) is 1. The standard InChI is InChI=1S/C27H45N3O5/c1-12-17(4)20(29-25(34)35-27(9,10)11)24(33)30(26(6,7)8)21(23(32)28-16(2)3)19-15-13-14-18(5)22(19)31/h13-17,20-21,31H,12H2,1-11H3,(H,28,32)(H,29,34). The maximum atomic E-state index is 14.2. The van der Waals surface area contributed by atoms with Crippen molar-refractivity contribution in [3.8, 4) is 5.75 Å². The third-order valence-corrected chi connectivity index (χ3v) is 5.61. The van der Waals surface area contributed by atoms with Gasteiger partial charge in [0.25, 0.3) is 0 Å². The molecule has 198 valence electrons. The Morgan fingerprint density at radius 1 is 1.03 bits per heavy atom. The number of amides is 3. The van der Waals surface area contributed by atoms with Crippen LogP contribution in [0, 0.1) is 12.8 Å². The maximum absolute atomic E-state index is 14.2. The second-order valence-electron chi connectivity index (χ2n) is 11.5. The molecule has 0 radical (unpaired) electrons. The van der Waals surface area contributed by atoms with Crippen LogP contribution in [-0.4, -0.2) is 51.1 Å². The third-order valence-electron chi connectivity index (χ3n) is 5.61. The second kappa shape index (κ2) is 11.8. The Balaban J connectivity index is 3.68. The minimum atomic E-state index is -1.11. The van der Waals surface area contributed by atoms with Gasteiger partial charge >= 0.3 is 6.09 Å². The molecule has 35 heavy (non-hydrogen) atoms. The van der Waals surface area contributed by atoms with E-state index >= 15 is 0 Å². The lowest BCUT2D eigenvalue weighted by atomic mass is 9.90. The Labute approximate surface area is 210 Å².